The Morgan fingerprint density at radius 2 is 1.73 bits per heavy atom. The van der Waals surface area contributed by atoms with Crippen molar-refractivity contribution >= 4 is 16.7 Å². The van der Waals surface area contributed by atoms with E-state index in [9.17, 15) is 4.79 Å². The second-order valence-corrected chi connectivity index (χ2v) is 5.56. The lowest BCUT2D eigenvalue weighted by atomic mass is 10.0. The fraction of sp³-hybridized carbons (Fsp3) is 0.150. The second kappa shape index (κ2) is 6.02. The van der Waals surface area contributed by atoms with E-state index in [0.29, 0.717) is 5.75 Å². The number of fused-ring (bicyclic) bond motifs is 1. The summed E-state index contributed by atoms with van der Waals surface area (Å²) in [5.74, 6) is 0.402. The number of ether oxygens (including phenoxy) is 1. The standard InChI is InChI=1S/C20H18O2/c1-14-10-11-19(15(2)12-14)22-20(21)13-17-8-5-7-16-6-3-4-9-18(16)17/h3-12H,13H2,1-2H3. The predicted molar refractivity (Wildman–Crippen MR) is 89.2 cm³/mol. The summed E-state index contributed by atoms with van der Waals surface area (Å²) in [5.41, 5.74) is 3.13. The molecule has 0 heterocycles. The lowest BCUT2D eigenvalue weighted by Gasteiger charge is -2.09. The molecule has 3 aromatic carbocycles. The molecular formula is C20H18O2. The van der Waals surface area contributed by atoms with Crippen molar-refractivity contribution in [3.05, 3.63) is 77.4 Å². The Kier molecular flexibility index (Phi) is 3.92. The van der Waals surface area contributed by atoms with Crippen molar-refractivity contribution in [3.63, 3.8) is 0 Å². The highest BCUT2D eigenvalue weighted by molar-refractivity contribution is 5.89. The quantitative estimate of drug-likeness (QED) is 0.520. The van der Waals surface area contributed by atoms with Crippen molar-refractivity contribution in [2.45, 2.75) is 20.3 Å². The van der Waals surface area contributed by atoms with Crippen LogP contribution in [0.3, 0.4) is 0 Å². The van der Waals surface area contributed by atoms with Crippen LogP contribution < -0.4 is 4.74 Å². The fourth-order valence-electron chi connectivity index (χ4n) is 2.67. The summed E-state index contributed by atoms with van der Waals surface area (Å²) in [6.45, 7) is 3.97. The molecule has 0 aliphatic rings. The summed E-state index contributed by atoms with van der Waals surface area (Å²) < 4.78 is 5.51. The molecule has 0 bridgehead atoms. The highest BCUT2D eigenvalue weighted by atomic mass is 16.5. The molecule has 0 aliphatic carbocycles. The Hall–Kier alpha value is -2.61. The summed E-state index contributed by atoms with van der Waals surface area (Å²) in [4.78, 5) is 12.2. The van der Waals surface area contributed by atoms with E-state index < -0.39 is 0 Å². The van der Waals surface area contributed by atoms with E-state index in [1.807, 2.05) is 74.5 Å². The minimum absolute atomic E-state index is 0.233. The Bertz CT molecular complexity index is 829. The number of rotatable bonds is 3. The zero-order valence-corrected chi connectivity index (χ0v) is 12.8. The Balaban J connectivity index is 1.81. The molecule has 0 fully saturated rings. The van der Waals surface area contributed by atoms with Gasteiger partial charge < -0.3 is 4.74 Å². The van der Waals surface area contributed by atoms with Crippen LogP contribution in [0.25, 0.3) is 10.8 Å². The van der Waals surface area contributed by atoms with Crippen LogP contribution in [0.2, 0.25) is 0 Å². The van der Waals surface area contributed by atoms with Gasteiger partial charge in [-0.25, -0.2) is 0 Å². The molecule has 3 rings (SSSR count). The van der Waals surface area contributed by atoms with Gasteiger partial charge in [0, 0.05) is 0 Å². The lowest BCUT2D eigenvalue weighted by Crippen LogP contribution is -2.12. The van der Waals surface area contributed by atoms with Crippen molar-refractivity contribution in [1.82, 2.24) is 0 Å². The van der Waals surface area contributed by atoms with Gasteiger partial charge in [0.15, 0.2) is 0 Å². The molecule has 2 nitrogen and oxygen atoms in total. The number of hydrogen-bond acceptors (Lipinski definition) is 2. The van der Waals surface area contributed by atoms with Crippen molar-refractivity contribution in [1.29, 1.82) is 0 Å². The van der Waals surface area contributed by atoms with Gasteiger partial charge in [-0.3, -0.25) is 4.79 Å². The van der Waals surface area contributed by atoms with Crippen molar-refractivity contribution in [2.75, 3.05) is 0 Å². The van der Waals surface area contributed by atoms with Crippen LogP contribution in [0.15, 0.2) is 60.7 Å². The van der Waals surface area contributed by atoms with Crippen molar-refractivity contribution < 1.29 is 9.53 Å². The first-order valence-electron chi connectivity index (χ1n) is 7.38. The van der Waals surface area contributed by atoms with E-state index in [0.717, 1.165) is 27.5 Å². The molecule has 0 unspecified atom stereocenters. The average molecular weight is 290 g/mol. The topological polar surface area (TPSA) is 26.3 Å². The zero-order chi connectivity index (χ0) is 15.5. The predicted octanol–water partition coefficient (Wildman–Crippen LogP) is 4.60. The van der Waals surface area contributed by atoms with Gasteiger partial charge in [-0.15, -0.1) is 0 Å². The first-order chi connectivity index (χ1) is 10.6. The van der Waals surface area contributed by atoms with Crippen molar-refractivity contribution in [2.24, 2.45) is 0 Å². The minimum atomic E-state index is -0.233. The molecule has 22 heavy (non-hydrogen) atoms. The summed E-state index contributed by atoms with van der Waals surface area (Å²) in [7, 11) is 0. The Labute approximate surface area is 130 Å². The number of benzene rings is 3. The van der Waals surface area contributed by atoms with Crippen molar-refractivity contribution in [3.8, 4) is 5.75 Å². The largest absolute Gasteiger partial charge is 0.426 e. The molecule has 0 N–H and O–H groups in total. The molecule has 0 amide bonds. The average Bonchev–Trinajstić information content (AvgIpc) is 2.50. The molecule has 0 radical (unpaired) electrons. The molecule has 2 heteroatoms. The van der Waals surface area contributed by atoms with Crippen LogP contribution in [0.5, 0.6) is 5.75 Å². The van der Waals surface area contributed by atoms with E-state index >= 15 is 0 Å². The first kappa shape index (κ1) is 14.3. The molecule has 0 saturated heterocycles. The molecule has 3 aromatic rings. The molecule has 0 aliphatic heterocycles. The Morgan fingerprint density at radius 3 is 2.55 bits per heavy atom. The monoisotopic (exact) mass is 290 g/mol. The molecular weight excluding hydrogens is 272 g/mol. The number of esters is 1. The third kappa shape index (κ3) is 3.01. The molecule has 110 valence electrons. The summed E-state index contributed by atoms with van der Waals surface area (Å²) in [5, 5.41) is 2.24. The highest BCUT2D eigenvalue weighted by Gasteiger charge is 2.10. The van der Waals surface area contributed by atoms with Gasteiger partial charge in [0.2, 0.25) is 0 Å². The molecule has 0 saturated carbocycles. The fourth-order valence-corrected chi connectivity index (χ4v) is 2.67. The number of aryl methyl sites for hydroxylation is 2. The maximum atomic E-state index is 12.2. The summed E-state index contributed by atoms with van der Waals surface area (Å²) in [6.07, 6.45) is 0.272. The van der Waals surface area contributed by atoms with E-state index in [1.165, 1.54) is 0 Å². The summed E-state index contributed by atoms with van der Waals surface area (Å²) >= 11 is 0. The summed E-state index contributed by atoms with van der Waals surface area (Å²) in [6, 6.07) is 19.9. The van der Waals surface area contributed by atoms with Gasteiger partial charge in [0.25, 0.3) is 0 Å². The van der Waals surface area contributed by atoms with E-state index in [4.69, 9.17) is 4.74 Å². The third-order valence-electron chi connectivity index (χ3n) is 3.77. The van der Waals surface area contributed by atoms with E-state index in [1.54, 1.807) is 0 Å². The van der Waals surface area contributed by atoms with E-state index in [2.05, 4.69) is 0 Å². The van der Waals surface area contributed by atoms with Crippen LogP contribution in [-0.2, 0) is 11.2 Å². The first-order valence-corrected chi connectivity index (χ1v) is 7.38. The second-order valence-electron chi connectivity index (χ2n) is 5.56. The maximum Gasteiger partial charge on any atom is 0.315 e. The zero-order valence-electron chi connectivity index (χ0n) is 12.8. The van der Waals surface area contributed by atoms with Gasteiger partial charge in [-0.2, -0.15) is 0 Å². The van der Waals surface area contributed by atoms with Gasteiger partial charge in [-0.1, -0.05) is 60.2 Å². The normalized spacial score (nSPS) is 10.6. The van der Waals surface area contributed by atoms with Gasteiger partial charge in [0.05, 0.1) is 6.42 Å². The van der Waals surface area contributed by atoms with Crippen LogP contribution in [0.1, 0.15) is 16.7 Å². The van der Waals surface area contributed by atoms with Crippen LogP contribution >= 0.6 is 0 Å². The molecule has 0 aromatic heterocycles. The van der Waals surface area contributed by atoms with Crippen LogP contribution in [0.4, 0.5) is 0 Å². The minimum Gasteiger partial charge on any atom is -0.426 e. The SMILES string of the molecule is Cc1ccc(OC(=O)Cc2cccc3ccccc23)c(C)c1. The van der Waals surface area contributed by atoms with E-state index in [-0.39, 0.29) is 12.4 Å². The number of hydrogen-bond donors (Lipinski definition) is 0. The Morgan fingerprint density at radius 1 is 0.955 bits per heavy atom. The maximum absolute atomic E-state index is 12.2. The molecule has 0 atom stereocenters. The lowest BCUT2D eigenvalue weighted by molar-refractivity contribution is -0.133. The van der Waals surface area contributed by atoms with Crippen LogP contribution in [0, 0.1) is 13.8 Å². The highest BCUT2D eigenvalue weighted by Crippen LogP contribution is 2.22. The molecule has 0 spiro atoms. The van der Waals surface area contributed by atoms with Gasteiger partial charge in [0.1, 0.15) is 5.75 Å². The van der Waals surface area contributed by atoms with Crippen LogP contribution in [-0.4, -0.2) is 5.97 Å². The number of carbonyl (C=O) groups excluding carboxylic acids is 1. The number of carbonyl (C=O) groups is 1. The third-order valence-corrected chi connectivity index (χ3v) is 3.77. The smallest absolute Gasteiger partial charge is 0.315 e. The van der Waals surface area contributed by atoms with Gasteiger partial charge in [-0.05, 0) is 41.8 Å². The van der Waals surface area contributed by atoms with Gasteiger partial charge >= 0.3 is 5.97 Å².